The van der Waals surface area contributed by atoms with Crippen molar-refractivity contribution in [1.82, 2.24) is 8.75 Å². The normalized spacial score (nSPS) is 11.1. The summed E-state index contributed by atoms with van der Waals surface area (Å²) in [5.41, 5.74) is 8.17. The first-order valence-electron chi connectivity index (χ1n) is 11.3. The van der Waals surface area contributed by atoms with Crippen LogP contribution in [0.4, 0.5) is 17.1 Å². The summed E-state index contributed by atoms with van der Waals surface area (Å²) in [5.74, 6) is 0. The number of hydrogen-bond acceptors (Lipinski definition) is 6. The molecule has 0 aliphatic heterocycles. The van der Waals surface area contributed by atoms with Gasteiger partial charge < -0.3 is 4.90 Å². The second kappa shape index (κ2) is 10.6. The van der Waals surface area contributed by atoms with Gasteiger partial charge in [0.1, 0.15) is 11.0 Å². The summed E-state index contributed by atoms with van der Waals surface area (Å²) in [6.45, 7) is 0. The third kappa shape index (κ3) is 4.95. The highest BCUT2D eigenvalue weighted by Gasteiger charge is 2.16. The van der Waals surface area contributed by atoms with Gasteiger partial charge in [0, 0.05) is 40.2 Å². The van der Waals surface area contributed by atoms with E-state index in [1.807, 2.05) is 12.1 Å². The van der Waals surface area contributed by atoms with Crippen LogP contribution in [0.2, 0.25) is 0 Å². The van der Waals surface area contributed by atoms with Gasteiger partial charge in [0.25, 0.3) is 0 Å². The predicted molar refractivity (Wildman–Crippen MR) is 172 cm³/mol. The van der Waals surface area contributed by atoms with Gasteiger partial charge in [-0.3, -0.25) is 4.79 Å². The lowest BCUT2D eigenvalue weighted by Gasteiger charge is -2.26. The molecule has 6 aromatic rings. The number of nitrogens with zero attached hydrogens (tertiary/aromatic N) is 3. The lowest BCUT2D eigenvalue weighted by Crippen LogP contribution is -2.09. The fourth-order valence-corrected chi connectivity index (χ4v) is 6.42. The number of carbonyl (C=O) groups excluding carboxylic acids is 1. The molecule has 0 aliphatic rings. The van der Waals surface area contributed by atoms with Gasteiger partial charge in [-0.05, 0) is 124 Å². The van der Waals surface area contributed by atoms with E-state index < -0.39 is 0 Å². The summed E-state index contributed by atoms with van der Waals surface area (Å²) in [4.78, 5) is 15.2. The molecule has 2 heterocycles. The zero-order valence-corrected chi connectivity index (χ0v) is 25.1. The van der Waals surface area contributed by atoms with Crippen LogP contribution in [-0.2, 0) is 0 Å². The highest BCUT2D eigenvalue weighted by Crippen LogP contribution is 2.39. The van der Waals surface area contributed by atoms with Crippen LogP contribution in [0.15, 0.2) is 97.1 Å². The number of fused-ring (bicyclic) bond motifs is 1. The van der Waals surface area contributed by atoms with Crippen LogP contribution >= 0.6 is 68.2 Å². The first kappa shape index (κ1) is 24.7. The molecule has 0 unspecified atom stereocenters. The van der Waals surface area contributed by atoms with Gasteiger partial charge in [0.05, 0.1) is 16.6 Å². The average Bonchev–Trinajstić information content (AvgIpc) is 3.61. The van der Waals surface area contributed by atoms with E-state index in [1.54, 1.807) is 0 Å². The van der Waals surface area contributed by atoms with Crippen LogP contribution in [0.3, 0.4) is 0 Å². The maximum Gasteiger partial charge on any atom is 0.160 e. The summed E-state index contributed by atoms with van der Waals surface area (Å²) < 4.78 is 11.6. The Bertz CT molecular complexity index is 1660. The second-order valence-corrected chi connectivity index (χ2v) is 12.4. The molecule has 8 heteroatoms. The van der Waals surface area contributed by atoms with E-state index in [0.717, 1.165) is 55.9 Å². The minimum atomic E-state index is 0.705. The first-order chi connectivity index (χ1) is 18.1. The minimum absolute atomic E-state index is 0.705. The van der Waals surface area contributed by atoms with Crippen LogP contribution in [0.25, 0.3) is 32.6 Å². The number of hydrogen-bond donors (Lipinski definition) is 0. The molecule has 4 nitrogen and oxygen atoms in total. The Morgan fingerprint density at radius 3 is 1.68 bits per heavy atom. The molecule has 180 valence electrons. The van der Waals surface area contributed by atoms with Crippen molar-refractivity contribution in [3.8, 4) is 21.6 Å². The zero-order valence-electron chi connectivity index (χ0n) is 19.1. The number of aromatic nitrogens is 2. The van der Waals surface area contributed by atoms with Crippen LogP contribution < -0.4 is 4.90 Å². The second-order valence-electron chi connectivity index (χ2n) is 8.28. The van der Waals surface area contributed by atoms with Gasteiger partial charge in [0.2, 0.25) is 0 Å². The number of thiophene rings is 1. The summed E-state index contributed by atoms with van der Waals surface area (Å²) in [6, 6.07) is 33.7. The van der Waals surface area contributed by atoms with Gasteiger partial charge >= 0.3 is 0 Å². The third-order valence-corrected chi connectivity index (χ3v) is 9.04. The van der Waals surface area contributed by atoms with Gasteiger partial charge in [-0.2, -0.15) is 8.75 Å². The number of halogens is 2. The van der Waals surface area contributed by atoms with E-state index in [9.17, 15) is 4.79 Å². The Morgan fingerprint density at radius 2 is 1.14 bits per heavy atom. The molecule has 0 aliphatic carbocycles. The van der Waals surface area contributed by atoms with E-state index in [2.05, 4.69) is 144 Å². The molecular formula is C29H17I2N3OS2. The maximum absolute atomic E-state index is 11.2. The first-order valence-corrected chi connectivity index (χ1v) is 15.0. The molecule has 0 N–H and O–H groups in total. The Labute approximate surface area is 249 Å². The number of rotatable bonds is 6. The van der Waals surface area contributed by atoms with Crippen molar-refractivity contribution in [2.75, 3.05) is 4.90 Å². The Kier molecular flexibility index (Phi) is 7.06. The maximum atomic E-state index is 11.2. The van der Waals surface area contributed by atoms with Crippen molar-refractivity contribution in [2.45, 2.75) is 0 Å². The number of anilines is 3. The van der Waals surface area contributed by atoms with Crippen molar-refractivity contribution in [1.29, 1.82) is 0 Å². The molecule has 0 bridgehead atoms. The zero-order chi connectivity index (χ0) is 25.4. The van der Waals surface area contributed by atoms with Crippen LogP contribution in [0.1, 0.15) is 9.67 Å². The Balaban J connectivity index is 1.40. The van der Waals surface area contributed by atoms with Crippen molar-refractivity contribution < 1.29 is 4.79 Å². The van der Waals surface area contributed by atoms with Gasteiger partial charge in [-0.25, -0.2) is 0 Å². The standard InChI is InChI=1S/C29H17I2N3OS2/c30-19-3-9-22(10-4-19)34(23-11-5-20(31)6-12-23)21-7-1-18(2-8-21)25-14-15-26(29-28(25)32-37-33-29)27-16-13-24(17-35)36-27/h1-17H. The molecule has 0 atom stereocenters. The molecule has 0 amide bonds. The topological polar surface area (TPSA) is 46.1 Å². The van der Waals surface area contributed by atoms with E-state index in [0.29, 0.717) is 4.88 Å². The molecule has 0 saturated carbocycles. The smallest absolute Gasteiger partial charge is 0.160 e. The minimum Gasteiger partial charge on any atom is -0.311 e. The van der Waals surface area contributed by atoms with Crippen molar-refractivity contribution in [3.05, 3.63) is 109 Å². The lowest BCUT2D eigenvalue weighted by molar-refractivity contribution is 0.112. The molecule has 0 spiro atoms. The fraction of sp³-hybridized carbons (Fsp3) is 0. The van der Waals surface area contributed by atoms with E-state index in [4.69, 9.17) is 0 Å². The highest BCUT2D eigenvalue weighted by atomic mass is 127. The Hall–Kier alpha value is -2.67. The molecule has 6 rings (SSSR count). The van der Waals surface area contributed by atoms with Crippen molar-refractivity contribution >= 4 is 103 Å². The van der Waals surface area contributed by atoms with Crippen LogP contribution in [0, 0.1) is 7.14 Å². The Morgan fingerprint density at radius 1 is 0.622 bits per heavy atom. The lowest BCUT2D eigenvalue weighted by atomic mass is 10.0. The third-order valence-electron chi connectivity index (χ3n) is 6.03. The highest BCUT2D eigenvalue weighted by molar-refractivity contribution is 14.1. The van der Waals surface area contributed by atoms with Gasteiger partial charge in [-0.15, -0.1) is 11.3 Å². The van der Waals surface area contributed by atoms with Crippen LogP contribution in [0.5, 0.6) is 0 Å². The van der Waals surface area contributed by atoms with E-state index >= 15 is 0 Å². The quantitative estimate of drug-likeness (QED) is 0.126. The largest absolute Gasteiger partial charge is 0.311 e. The molecule has 2 aromatic heterocycles. The molecule has 37 heavy (non-hydrogen) atoms. The number of carbonyl (C=O) groups is 1. The molecule has 0 fully saturated rings. The van der Waals surface area contributed by atoms with Crippen LogP contribution in [-0.4, -0.2) is 15.0 Å². The van der Waals surface area contributed by atoms with Crippen molar-refractivity contribution in [2.24, 2.45) is 0 Å². The summed E-state index contributed by atoms with van der Waals surface area (Å²) in [7, 11) is 0. The molecular weight excluding hydrogens is 724 g/mol. The summed E-state index contributed by atoms with van der Waals surface area (Å²) >= 11 is 7.35. The number of aldehydes is 1. The van der Waals surface area contributed by atoms with Crippen molar-refractivity contribution in [3.63, 3.8) is 0 Å². The van der Waals surface area contributed by atoms with Gasteiger partial charge in [-0.1, -0.05) is 24.3 Å². The summed E-state index contributed by atoms with van der Waals surface area (Å²) in [5, 5.41) is 0. The fourth-order valence-electron chi connectivity index (χ4n) is 4.28. The van der Waals surface area contributed by atoms with Gasteiger partial charge in [0.15, 0.2) is 6.29 Å². The van der Waals surface area contributed by atoms with E-state index in [-0.39, 0.29) is 0 Å². The monoisotopic (exact) mass is 741 g/mol. The summed E-state index contributed by atoms with van der Waals surface area (Å²) in [6.07, 6.45) is 0.885. The predicted octanol–water partition coefficient (Wildman–Crippen LogP) is 9.58. The van der Waals surface area contributed by atoms with E-state index in [1.165, 1.54) is 30.2 Å². The number of benzene rings is 4. The molecule has 0 radical (unpaired) electrons. The molecule has 0 saturated heterocycles. The molecule has 4 aromatic carbocycles. The average molecular weight is 741 g/mol. The SMILES string of the molecule is O=Cc1ccc(-c2ccc(-c3ccc(N(c4ccc(I)cc4)c4ccc(I)cc4)cc3)c3nsnc23)s1.